The van der Waals surface area contributed by atoms with E-state index in [0.717, 1.165) is 12.8 Å². The van der Waals surface area contributed by atoms with Gasteiger partial charge < -0.3 is 19.9 Å². The lowest BCUT2D eigenvalue weighted by Crippen LogP contribution is -2.45. The first-order valence-electron chi connectivity index (χ1n) is 8.52. The van der Waals surface area contributed by atoms with Gasteiger partial charge in [0.25, 0.3) is 0 Å². The van der Waals surface area contributed by atoms with Gasteiger partial charge in [-0.15, -0.1) is 0 Å². The fourth-order valence-corrected chi connectivity index (χ4v) is 3.15. The van der Waals surface area contributed by atoms with Gasteiger partial charge in [0.05, 0.1) is 18.1 Å². The summed E-state index contributed by atoms with van der Waals surface area (Å²) in [4.78, 5) is 17.9. The second-order valence-corrected chi connectivity index (χ2v) is 6.48. The average molecular weight is 346 g/mol. The predicted octanol–water partition coefficient (Wildman–Crippen LogP) is 2.31. The topological polar surface area (TPSA) is 70.4 Å². The van der Waals surface area contributed by atoms with E-state index in [0.29, 0.717) is 24.3 Å². The SMILES string of the molecule is CC(O)C1CCN(C(=O)NCc2ccc(-n3ccnc3)c(F)c2)CC1. The van der Waals surface area contributed by atoms with E-state index in [1.165, 1.54) is 12.4 Å². The first kappa shape index (κ1) is 17.4. The van der Waals surface area contributed by atoms with Gasteiger partial charge in [0, 0.05) is 32.0 Å². The Kier molecular flexibility index (Phi) is 5.33. The summed E-state index contributed by atoms with van der Waals surface area (Å²) in [5, 5.41) is 12.4. The summed E-state index contributed by atoms with van der Waals surface area (Å²) in [6, 6.07) is 4.74. The van der Waals surface area contributed by atoms with Crippen LogP contribution in [0.1, 0.15) is 25.3 Å². The van der Waals surface area contributed by atoms with Crippen molar-refractivity contribution in [2.75, 3.05) is 13.1 Å². The Morgan fingerprint density at radius 1 is 1.44 bits per heavy atom. The van der Waals surface area contributed by atoms with Gasteiger partial charge in [0.2, 0.25) is 0 Å². The maximum atomic E-state index is 14.2. The third-order valence-electron chi connectivity index (χ3n) is 4.75. The van der Waals surface area contributed by atoms with Crippen molar-refractivity contribution in [1.82, 2.24) is 19.8 Å². The van der Waals surface area contributed by atoms with E-state index < -0.39 is 0 Å². The van der Waals surface area contributed by atoms with E-state index >= 15 is 0 Å². The van der Waals surface area contributed by atoms with E-state index in [9.17, 15) is 14.3 Å². The summed E-state index contributed by atoms with van der Waals surface area (Å²) in [6.07, 6.45) is 6.09. The van der Waals surface area contributed by atoms with Crippen LogP contribution in [0.25, 0.3) is 5.69 Å². The highest BCUT2D eigenvalue weighted by Gasteiger charge is 2.25. The van der Waals surface area contributed by atoms with Gasteiger partial charge in [0.15, 0.2) is 0 Å². The molecule has 7 heteroatoms. The minimum Gasteiger partial charge on any atom is -0.393 e. The number of halogens is 1. The number of aliphatic hydroxyl groups is 1. The summed E-state index contributed by atoms with van der Waals surface area (Å²) >= 11 is 0. The second-order valence-electron chi connectivity index (χ2n) is 6.48. The third kappa shape index (κ3) is 4.17. The molecule has 0 aliphatic carbocycles. The van der Waals surface area contributed by atoms with Gasteiger partial charge in [-0.25, -0.2) is 14.2 Å². The zero-order valence-electron chi connectivity index (χ0n) is 14.2. The van der Waals surface area contributed by atoms with Crippen molar-refractivity contribution in [3.63, 3.8) is 0 Å². The summed E-state index contributed by atoms with van der Waals surface area (Å²) in [7, 11) is 0. The number of likely N-dealkylation sites (tertiary alicyclic amines) is 1. The van der Waals surface area contributed by atoms with Gasteiger partial charge in [0.1, 0.15) is 5.82 Å². The molecule has 3 rings (SSSR count). The quantitative estimate of drug-likeness (QED) is 0.892. The smallest absolute Gasteiger partial charge is 0.317 e. The lowest BCUT2D eigenvalue weighted by molar-refractivity contribution is 0.0798. The van der Waals surface area contributed by atoms with E-state index in [2.05, 4.69) is 10.3 Å². The number of aliphatic hydroxyl groups excluding tert-OH is 1. The van der Waals surface area contributed by atoms with Crippen molar-refractivity contribution in [1.29, 1.82) is 0 Å². The molecule has 0 saturated carbocycles. The van der Waals surface area contributed by atoms with Crippen LogP contribution in [0.5, 0.6) is 0 Å². The number of imidazole rings is 1. The molecule has 1 aliphatic heterocycles. The van der Waals surface area contributed by atoms with Crippen LogP contribution in [0.3, 0.4) is 0 Å². The third-order valence-corrected chi connectivity index (χ3v) is 4.75. The summed E-state index contributed by atoms with van der Waals surface area (Å²) in [5.74, 6) is -0.101. The molecule has 2 N–H and O–H groups in total. The molecular formula is C18H23FN4O2. The van der Waals surface area contributed by atoms with Crippen LogP contribution in [0.15, 0.2) is 36.9 Å². The number of urea groups is 1. The van der Waals surface area contributed by atoms with Crippen molar-refractivity contribution < 1.29 is 14.3 Å². The maximum Gasteiger partial charge on any atom is 0.317 e. The average Bonchev–Trinajstić information content (AvgIpc) is 3.14. The first-order valence-corrected chi connectivity index (χ1v) is 8.52. The van der Waals surface area contributed by atoms with Gasteiger partial charge in [-0.2, -0.15) is 0 Å². The molecule has 6 nitrogen and oxygen atoms in total. The van der Waals surface area contributed by atoms with Gasteiger partial charge in [-0.3, -0.25) is 0 Å². The van der Waals surface area contributed by atoms with Crippen LogP contribution >= 0.6 is 0 Å². The molecule has 0 bridgehead atoms. The molecule has 1 fully saturated rings. The summed E-state index contributed by atoms with van der Waals surface area (Å²) in [6.45, 7) is 3.34. The number of rotatable bonds is 4. The molecular weight excluding hydrogens is 323 g/mol. The number of piperidine rings is 1. The number of hydrogen-bond acceptors (Lipinski definition) is 3. The van der Waals surface area contributed by atoms with Crippen molar-refractivity contribution in [3.05, 3.63) is 48.3 Å². The summed E-state index contributed by atoms with van der Waals surface area (Å²) in [5.41, 5.74) is 1.13. The number of carbonyl (C=O) groups is 1. The molecule has 1 aromatic heterocycles. The van der Waals surface area contributed by atoms with Crippen molar-refractivity contribution in [2.45, 2.75) is 32.4 Å². The highest BCUT2D eigenvalue weighted by atomic mass is 19.1. The molecule has 1 aliphatic rings. The second kappa shape index (κ2) is 7.65. The highest BCUT2D eigenvalue weighted by molar-refractivity contribution is 5.74. The van der Waals surface area contributed by atoms with Crippen LogP contribution in [-0.4, -0.2) is 44.8 Å². The molecule has 1 atom stereocenters. The van der Waals surface area contributed by atoms with Crippen LogP contribution in [-0.2, 0) is 6.54 Å². The van der Waals surface area contributed by atoms with Gasteiger partial charge in [-0.05, 0) is 43.4 Å². The number of nitrogens with one attached hydrogen (secondary N) is 1. The van der Waals surface area contributed by atoms with E-state index in [4.69, 9.17) is 0 Å². The number of benzene rings is 1. The first-order chi connectivity index (χ1) is 12.0. The van der Waals surface area contributed by atoms with E-state index in [1.54, 1.807) is 40.9 Å². The highest BCUT2D eigenvalue weighted by Crippen LogP contribution is 2.20. The molecule has 0 radical (unpaired) electrons. The number of carbonyl (C=O) groups excluding carboxylic acids is 1. The number of hydrogen-bond donors (Lipinski definition) is 2. The van der Waals surface area contributed by atoms with Gasteiger partial charge in [-0.1, -0.05) is 6.07 Å². The molecule has 1 aromatic carbocycles. The Bertz CT molecular complexity index is 710. The largest absolute Gasteiger partial charge is 0.393 e. The fourth-order valence-electron chi connectivity index (χ4n) is 3.15. The van der Waals surface area contributed by atoms with Crippen LogP contribution < -0.4 is 5.32 Å². The maximum absolute atomic E-state index is 14.2. The Morgan fingerprint density at radius 2 is 2.20 bits per heavy atom. The number of amides is 2. The van der Waals surface area contributed by atoms with Crippen molar-refractivity contribution >= 4 is 6.03 Å². The lowest BCUT2D eigenvalue weighted by Gasteiger charge is -2.33. The van der Waals surface area contributed by atoms with E-state index in [-0.39, 0.29) is 30.4 Å². The molecule has 2 amide bonds. The molecule has 2 heterocycles. The molecule has 0 spiro atoms. The van der Waals surface area contributed by atoms with Crippen LogP contribution in [0, 0.1) is 11.7 Å². The number of aromatic nitrogens is 2. The molecule has 25 heavy (non-hydrogen) atoms. The Morgan fingerprint density at radius 3 is 2.80 bits per heavy atom. The molecule has 1 saturated heterocycles. The van der Waals surface area contributed by atoms with Crippen molar-refractivity contribution in [2.24, 2.45) is 5.92 Å². The van der Waals surface area contributed by atoms with Crippen LogP contribution in [0.4, 0.5) is 9.18 Å². The minimum atomic E-state index is -0.359. The van der Waals surface area contributed by atoms with Gasteiger partial charge >= 0.3 is 6.03 Å². The number of nitrogens with zero attached hydrogens (tertiary/aromatic N) is 3. The molecule has 2 aromatic rings. The monoisotopic (exact) mass is 346 g/mol. The van der Waals surface area contributed by atoms with Crippen LogP contribution in [0.2, 0.25) is 0 Å². The Balaban J connectivity index is 1.53. The standard InChI is InChI=1S/C18H23FN4O2/c1-13(24)15-4-7-22(8-5-15)18(25)21-11-14-2-3-17(16(19)10-14)23-9-6-20-12-23/h2-3,6,9-10,12-13,15,24H,4-5,7-8,11H2,1H3,(H,21,25). The zero-order chi connectivity index (χ0) is 17.8. The predicted molar refractivity (Wildman–Crippen MR) is 91.7 cm³/mol. The minimum absolute atomic E-state index is 0.150. The van der Waals surface area contributed by atoms with Crippen molar-refractivity contribution in [3.8, 4) is 5.69 Å². The summed E-state index contributed by atoms with van der Waals surface area (Å²) < 4.78 is 15.8. The fraction of sp³-hybridized carbons (Fsp3) is 0.444. The lowest BCUT2D eigenvalue weighted by atomic mass is 9.92. The normalized spacial score (nSPS) is 16.7. The molecule has 1 unspecified atom stereocenters. The Labute approximate surface area is 146 Å². The molecule has 134 valence electrons. The Hall–Kier alpha value is -2.41. The van der Waals surface area contributed by atoms with E-state index in [1.807, 2.05) is 0 Å². The zero-order valence-corrected chi connectivity index (χ0v) is 14.2.